The number of furan rings is 1. The molecule has 1 N–H and O–H groups in total. The van der Waals surface area contributed by atoms with Crippen molar-refractivity contribution in [3.05, 3.63) is 88.9 Å². The van der Waals surface area contributed by atoms with Gasteiger partial charge in [-0.1, -0.05) is 24.3 Å². The number of aryl methyl sites for hydroxylation is 2. The van der Waals surface area contributed by atoms with E-state index in [-0.39, 0.29) is 17.4 Å². The first kappa shape index (κ1) is 21.4. The number of hydrogen-bond acceptors (Lipinski definition) is 5. The van der Waals surface area contributed by atoms with Crippen LogP contribution in [0.2, 0.25) is 0 Å². The van der Waals surface area contributed by atoms with Gasteiger partial charge in [-0.2, -0.15) is 0 Å². The maximum Gasteiger partial charge on any atom is 0.300 e. The topological polar surface area (TPSA) is 80.0 Å². The second-order valence-corrected chi connectivity index (χ2v) is 8.17. The summed E-state index contributed by atoms with van der Waals surface area (Å²) in [4.78, 5) is 27.8. The summed E-state index contributed by atoms with van der Waals surface area (Å²) in [5, 5.41) is 11.2. The van der Waals surface area contributed by atoms with Crippen LogP contribution < -0.4 is 9.64 Å². The molecule has 1 fully saturated rings. The fourth-order valence-corrected chi connectivity index (χ4v) is 3.92. The van der Waals surface area contributed by atoms with Crippen LogP contribution in [0.3, 0.4) is 0 Å². The standard InChI is InChI=1S/C26H25NO5/c1-15(2)32-19-8-5-7-18(14-19)24(28)22-23(21-9-6-12-31-21)27(26(30)25(22)29)20-13-16(3)10-11-17(20)4/h5-15,23,28H,1-4H3/b24-22-. The van der Waals surface area contributed by atoms with Crippen molar-refractivity contribution in [3.63, 3.8) is 0 Å². The first-order valence-electron chi connectivity index (χ1n) is 10.5. The largest absolute Gasteiger partial charge is 0.507 e. The summed E-state index contributed by atoms with van der Waals surface area (Å²) < 4.78 is 11.3. The molecule has 0 radical (unpaired) electrons. The smallest absolute Gasteiger partial charge is 0.300 e. The average Bonchev–Trinajstić information content (AvgIpc) is 3.36. The summed E-state index contributed by atoms with van der Waals surface area (Å²) in [6, 6.07) is 15.0. The molecule has 0 bridgehead atoms. The van der Waals surface area contributed by atoms with Gasteiger partial charge >= 0.3 is 0 Å². The maximum absolute atomic E-state index is 13.2. The SMILES string of the molecule is Cc1ccc(C)c(N2C(=O)C(=O)/C(=C(\O)c3cccc(OC(C)C)c3)C2c2ccco2)c1. The monoisotopic (exact) mass is 431 g/mol. The van der Waals surface area contributed by atoms with Crippen LogP contribution in [0.1, 0.15) is 42.3 Å². The Kier molecular flexibility index (Phi) is 5.61. The van der Waals surface area contributed by atoms with Crippen LogP contribution in [0.25, 0.3) is 5.76 Å². The van der Waals surface area contributed by atoms with E-state index >= 15 is 0 Å². The maximum atomic E-state index is 13.2. The highest BCUT2D eigenvalue weighted by Crippen LogP contribution is 2.43. The molecule has 164 valence electrons. The molecular formula is C26H25NO5. The highest BCUT2D eigenvalue weighted by atomic mass is 16.5. The number of ketones is 1. The lowest BCUT2D eigenvalue weighted by atomic mass is 9.98. The van der Waals surface area contributed by atoms with Crippen LogP contribution in [0, 0.1) is 13.8 Å². The third-order valence-electron chi connectivity index (χ3n) is 5.36. The number of carbonyl (C=O) groups excluding carboxylic acids is 2. The Labute approximate surface area is 186 Å². The van der Waals surface area contributed by atoms with Gasteiger partial charge in [0.15, 0.2) is 0 Å². The number of carbonyl (C=O) groups is 2. The molecule has 32 heavy (non-hydrogen) atoms. The van der Waals surface area contributed by atoms with Crippen molar-refractivity contribution in [3.8, 4) is 5.75 Å². The molecule has 6 nitrogen and oxygen atoms in total. The quantitative estimate of drug-likeness (QED) is 0.336. The van der Waals surface area contributed by atoms with Crippen LogP contribution in [-0.2, 0) is 9.59 Å². The van der Waals surface area contributed by atoms with E-state index in [1.54, 1.807) is 36.4 Å². The summed E-state index contributed by atoms with van der Waals surface area (Å²) in [5.41, 5.74) is 2.75. The first-order valence-corrected chi connectivity index (χ1v) is 10.5. The van der Waals surface area contributed by atoms with Crippen LogP contribution in [0.4, 0.5) is 5.69 Å². The first-order chi connectivity index (χ1) is 15.3. The van der Waals surface area contributed by atoms with Crippen molar-refractivity contribution >= 4 is 23.1 Å². The molecule has 6 heteroatoms. The van der Waals surface area contributed by atoms with E-state index in [0.29, 0.717) is 22.8 Å². The Morgan fingerprint density at radius 3 is 2.53 bits per heavy atom. The molecule has 1 aliphatic rings. The molecule has 1 aliphatic heterocycles. The van der Waals surface area contributed by atoms with E-state index in [2.05, 4.69) is 0 Å². The van der Waals surface area contributed by atoms with Crippen LogP contribution >= 0.6 is 0 Å². The molecule has 1 unspecified atom stereocenters. The highest BCUT2D eigenvalue weighted by Gasteiger charge is 2.48. The van der Waals surface area contributed by atoms with Gasteiger partial charge in [0, 0.05) is 11.3 Å². The number of amides is 1. The molecule has 3 aromatic rings. The van der Waals surface area contributed by atoms with Crippen LogP contribution in [-0.4, -0.2) is 22.9 Å². The average molecular weight is 431 g/mol. The van der Waals surface area contributed by atoms with Crippen LogP contribution in [0.5, 0.6) is 5.75 Å². The lowest BCUT2D eigenvalue weighted by Gasteiger charge is -2.25. The van der Waals surface area contributed by atoms with E-state index in [1.165, 1.54) is 11.2 Å². The fraction of sp³-hybridized carbons (Fsp3) is 0.231. The molecule has 2 aromatic carbocycles. The lowest BCUT2D eigenvalue weighted by molar-refractivity contribution is -0.132. The highest BCUT2D eigenvalue weighted by molar-refractivity contribution is 6.51. The zero-order chi connectivity index (χ0) is 23.0. The van der Waals surface area contributed by atoms with Crippen molar-refractivity contribution in [2.75, 3.05) is 4.90 Å². The fourth-order valence-electron chi connectivity index (χ4n) is 3.92. The molecule has 2 heterocycles. The lowest BCUT2D eigenvalue weighted by Crippen LogP contribution is -2.30. The number of Topliss-reactive ketones (excluding diaryl/α,β-unsaturated/α-hetero) is 1. The van der Waals surface area contributed by atoms with Crippen molar-refractivity contribution in [1.82, 2.24) is 0 Å². The van der Waals surface area contributed by atoms with Crippen molar-refractivity contribution in [2.24, 2.45) is 0 Å². The van der Waals surface area contributed by atoms with Gasteiger partial charge in [0.1, 0.15) is 23.3 Å². The minimum Gasteiger partial charge on any atom is -0.507 e. The Hall–Kier alpha value is -3.80. The van der Waals surface area contributed by atoms with E-state index in [4.69, 9.17) is 9.15 Å². The number of nitrogens with zero attached hydrogens (tertiary/aromatic N) is 1. The Morgan fingerprint density at radius 2 is 1.84 bits per heavy atom. The summed E-state index contributed by atoms with van der Waals surface area (Å²) >= 11 is 0. The predicted octanol–water partition coefficient (Wildman–Crippen LogP) is 5.31. The Balaban J connectivity index is 1.90. The van der Waals surface area contributed by atoms with Gasteiger partial charge in [-0.3, -0.25) is 14.5 Å². The predicted molar refractivity (Wildman–Crippen MR) is 122 cm³/mol. The summed E-state index contributed by atoms with van der Waals surface area (Å²) in [6.45, 7) is 7.60. The Morgan fingerprint density at radius 1 is 1.06 bits per heavy atom. The molecule has 1 saturated heterocycles. The molecule has 1 amide bonds. The molecule has 0 saturated carbocycles. The van der Waals surface area contributed by atoms with Crippen molar-refractivity contribution in [1.29, 1.82) is 0 Å². The van der Waals surface area contributed by atoms with Gasteiger partial charge < -0.3 is 14.3 Å². The number of anilines is 1. The van der Waals surface area contributed by atoms with Gasteiger partial charge in [0.25, 0.3) is 11.7 Å². The molecular weight excluding hydrogens is 406 g/mol. The summed E-state index contributed by atoms with van der Waals surface area (Å²) in [5.74, 6) is -0.799. The van der Waals surface area contributed by atoms with Gasteiger partial charge in [-0.05, 0) is 69.2 Å². The third kappa shape index (κ3) is 3.80. The minimum absolute atomic E-state index is 0.0208. The zero-order valence-electron chi connectivity index (χ0n) is 18.5. The van der Waals surface area contributed by atoms with Crippen molar-refractivity contribution in [2.45, 2.75) is 39.8 Å². The number of benzene rings is 2. The number of rotatable bonds is 5. The zero-order valence-corrected chi connectivity index (χ0v) is 18.5. The van der Waals surface area contributed by atoms with Gasteiger partial charge in [-0.15, -0.1) is 0 Å². The number of hydrogen-bond donors (Lipinski definition) is 1. The second kappa shape index (κ2) is 8.38. The molecule has 0 spiro atoms. The normalized spacial score (nSPS) is 17.9. The molecule has 1 atom stereocenters. The summed E-state index contributed by atoms with van der Waals surface area (Å²) in [7, 11) is 0. The molecule has 1 aromatic heterocycles. The molecule has 4 rings (SSSR count). The van der Waals surface area contributed by atoms with E-state index in [0.717, 1.165) is 11.1 Å². The third-order valence-corrected chi connectivity index (χ3v) is 5.36. The second-order valence-electron chi connectivity index (χ2n) is 8.17. The van der Waals surface area contributed by atoms with Crippen LogP contribution in [0.15, 0.2) is 70.9 Å². The van der Waals surface area contributed by atoms with E-state index < -0.39 is 17.7 Å². The van der Waals surface area contributed by atoms with E-state index in [9.17, 15) is 14.7 Å². The van der Waals surface area contributed by atoms with Gasteiger partial charge in [0.05, 0.1) is 17.9 Å². The minimum atomic E-state index is -0.889. The van der Waals surface area contributed by atoms with Gasteiger partial charge in [-0.25, -0.2) is 0 Å². The molecule has 0 aliphatic carbocycles. The van der Waals surface area contributed by atoms with Gasteiger partial charge in [0.2, 0.25) is 0 Å². The Bertz CT molecular complexity index is 1210. The number of aliphatic hydroxyl groups excluding tert-OH is 1. The number of ether oxygens (including phenoxy) is 1. The van der Waals surface area contributed by atoms with E-state index in [1.807, 2.05) is 45.9 Å². The summed E-state index contributed by atoms with van der Waals surface area (Å²) in [6.07, 6.45) is 1.43. The number of aliphatic hydroxyl groups is 1. The van der Waals surface area contributed by atoms with Crippen molar-refractivity contribution < 1.29 is 23.8 Å².